The molecule has 1 amide bonds. The van der Waals surface area contributed by atoms with Crippen LogP contribution in [0, 0.1) is 5.82 Å². The van der Waals surface area contributed by atoms with Gasteiger partial charge in [0.25, 0.3) is 0 Å². The minimum Gasteiger partial charge on any atom is -0.493 e. The summed E-state index contributed by atoms with van der Waals surface area (Å²) in [4.78, 5) is 25.6. The molecule has 9 nitrogen and oxygen atoms in total. The molecule has 0 radical (unpaired) electrons. The molecule has 2 atom stereocenters. The van der Waals surface area contributed by atoms with Gasteiger partial charge in [-0.2, -0.15) is 0 Å². The largest absolute Gasteiger partial charge is 0.493 e. The number of methoxy groups -OCH3 is 1. The Labute approximate surface area is 213 Å². The number of amides is 1. The van der Waals surface area contributed by atoms with Crippen LogP contribution in [0.3, 0.4) is 0 Å². The number of likely N-dealkylation sites (N-methyl/N-ethyl adjacent to an activating group) is 1. The predicted octanol–water partition coefficient (Wildman–Crippen LogP) is 3.48. The van der Waals surface area contributed by atoms with Crippen molar-refractivity contribution in [1.82, 2.24) is 19.8 Å². The predicted molar refractivity (Wildman–Crippen MR) is 134 cm³/mol. The molecule has 1 aromatic heterocycles. The Bertz CT molecular complexity index is 1270. The molecular formula is C25H27ClFN5O4. The van der Waals surface area contributed by atoms with Gasteiger partial charge in [-0.05, 0) is 25.2 Å². The number of carbonyl (C=O) groups excluding carboxylic acids is 1. The van der Waals surface area contributed by atoms with Crippen molar-refractivity contribution in [3.63, 3.8) is 0 Å². The average Bonchev–Trinajstić information content (AvgIpc) is 3.26. The number of likely N-dealkylation sites (tertiary alicyclic amines) is 1. The van der Waals surface area contributed by atoms with Gasteiger partial charge in [0, 0.05) is 37.5 Å². The van der Waals surface area contributed by atoms with Crippen molar-refractivity contribution in [2.24, 2.45) is 0 Å². The minimum absolute atomic E-state index is 0.00980. The number of fused-ring (bicyclic) bond motifs is 1. The van der Waals surface area contributed by atoms with E-state index >= 15 is 0 Å². The van der Waals surface area contributed by atoms with Crippen LogP contribution in [-0.4, -0.2) is 84.8 Å². The number of benzene rings is 2. The number of nitrogens with one attached hydrogen (secondary N) is 1. The van der Waals surface area contributed by atoms with E-state index in [4.69, 9.17) is 25.8 Å². The van der Waals surface area contributed by atoms with Crippen LogP contribution in [0.5, 0.6) is 11.5 Å². The van der Waals surface area contributed by atoms with Gasteiger partial charge in [-0.15, -0.1) is 0 Å². The van der Waals surface area contributed by atoms with Crippen LogP contribution < -0.4 is 14.8 Å². The van der Waals surface area contributed by atoms with Crippen molar-refractivity contribution in [3.05, 3.63) is 47.5 Å². The normalized spacial score (nSPS) is 20.5. The number of halogens is 2. The Morgan fingerprint density at radius 2 is 2.03 bits per heavy atom. The second-order valence-corrected chi connectivity index (χ2v) is 9.24. The molecule has 2 aliphatic rings. The molecule has 0 aliphatic carbocycles. The van der Waals surface area contributed by atoms with Crippen molar-refractivity contribution in [2.45, 2.75) is 18.6 Å². The lowest BCUT2D eigenvalue weighted by atomic mass is 10.1. The Morgan fingerprint density at radius 1 is 1.22 bits per heavy atom. The lowest BCUT2D eigenvalue weighted by molar-refractivity contribution is -0.139. The molecule has 0 spiro atoms. The molecule has 0 saturated carbocycles. The maximum atomic E-state index is 14.5. The van der Waals surface area contributed by atoms with Crippen LogP contribution >= 0.6 is 11.6 Å². The third kappa shape index (κ3) is 4.88. The highest BCUT2D eigenvalue weighted by molar-refractivity contribution is 6.31. The highest BCUT2D eigenvalue weighted by Crippen LogP contribution is 2.37. The zero-order chi connectivity index (χ0) is 25.2. The summed E-state index contributed by atoms with van der Waals surface area (Å²) in [5, 5.41) is 3.64. The van der Waals surface area contributed by atoms with Gasteiger partial charge in [0.15, 0.2) is 17.3 Å². The number of anilines is 2. The summed E-state index contributed by atoms with van der Waals surface area (Å²) < 4.78 is 31.8. The van der Waals surface area contributed by atoms with Crippen molar-refractivity contribution >= 4 is 39.9 Å². The molecule has 0 unspecified atom stereocenters. The van der Waals surface area contributed by atoms with E-state index in [2.05, 4.69) is 15.3 Å². The van der Waals surface area contributed by atoms with Crippen LogP contribution in [0.2, 0.25) is 5.02 Å². The first kappa shape index (κ1) is 24.5. The van der Waals surface area contributed by atoms with Crippen molar-refractivity contribution in [2.75, 3.05) is 52.3 Å². The van der Waals surface area contributed by atoms with E-state index in [1.165, 1.54) is 12.4 Å². The minimum atomic E-state index is -0.569. The summed E-state index contributed by atoms with van der Waals surface area (Å²) in [5.41, 5.74) is 0.797. The Hall–Kier alpha value is -3.21. The van der Waals surface area contributed by atoms with E-state index in [9.17, 15) is 9.18 Å². The smallest absolute Gasteiger partial charge is 0.240 e. The quantitative estimate of drug-likeness (QED) is 0.534. The van der Waals surface area contributed by atoms with Gasteiger partial charge in [0.05, 0.1) is 42.6 Å². The van der Waals surface area contributed by atoms with Gasteiger partial charge in [-0.1, -0.05) is 17.7 Å². The summed E-state index contributed by atoms with van der Waals surface area (Å²) in [5.74, 6) is 0.929. The summed E-state index contributed by atoms with van der Waals surface area (Å²) >= 11 is 5.93. The van der Waals surface area contributed by atoms with Gasteiger partial charge >= 0.3 is 0 Å². The number of nitrogens with zero attached hydrogens (tertiary/aromatic N) is 4. The summed E-state index contributed by atoms with van der Waals surface area (Å²) in [6.07, 6.45) is 1.72. The maximum Gasteiger partial charge on any atom is 0.240 e. The van der Waals surface area contributed by atoms with E-state index in [1.54, 1.807) is 31.4 Å². The van der Waals surface area contributed by atoms with Crippen LogP contribution in [0.1, 0.15) is 6.42 Å². The molecule has 0 bridgehead atoms. The fourth-order valence-electron chi connectivity index (χ4n) is 4.64. The average molecular weight is 516 g/mol. The van der Waals surface area contributed by atoms with E-state index < -0.39 is 5.82 Å². The van der Waals surface area contributed by atoms with Crippen molar-refractivity contribution in [1.29, 1.82) is 0 Å². The lowest BCUT2D eigenvalue weighted by Gasteiger charge is -2.31. The monoisotopic (exact) mass is 515 g/mol. The van der Waals surface area contributed by atoms with Crippen LogP contribution in [0.15, 0.2) is 36.7 Å². The first-order valence-corrected chi connectivity index (χ1v) is 12.1. The highest BCUT2D eigenvalue weighted by atomic mass is 35.5. The Kier molecular flexibility index (Phi) is 7.08. The van der Waals surface area contributed by atoms with E-state index in [1.807, 2.05) is 16.8 Å². The number of hydrogen-bond acceptors (Lipinski definition) is 8. The molecule has 190 valence electrons. The molecule has 2 aromatic carbocycles. The summed E-state index contributed by atoms with van der Waals surface area (Å²) in [6.45, 7) is 2.93. The molecule has 3 heterocycles. The molecule has 2 saturated heterocycles. The van der Waals surface area contributed by atoms with Gasteiger partial charge in [0.1, 0.15) is 18.2 Å². The summed E-state index contributed by atoms with van der Waals surface area (Å²) in [7, 11) is 3.49. The lowest BCUT2D eigenvalue weighted by Crippen LogP contribution is -2.48. The zero-order valence-corrected chi connectivity index (χ0v) is 20.8. The van der Waals surface area contributed by atoms with E-state index in [0.717, 1.165) is 0 Å². The number of morpholine rings is 1. The molecule has 5 rings (SSSR count). The third-order valence-electron chi connectivity index (χ3n) is 6.54. The van der Waals surface area contributed by atoms with Crippen molar-refractivity contribution < 1.29 is 23.4 Å². The van der Waals surface area contributed by atoms with E-state index in [-0.39, 0.29) is 28.8 Å². The second kappa shape index (κ2) is 10.4. The van der Waals surface area contributed by atoms with Gasteiger partial charge < -0.3 is 24.4 Å². The molecular weight excluding hydrogens is 489 g/mol. The molecule has 3 aromatic rings. The number of rotatable bonds is 6. The number of ether oxygens (including phenoxy) is 3. The van der Waals surface area contributed by atoms with Gasteiger partial charge in [0.2, 0.25) is 5.91 Å². The Balaban J connectivity index is 1.39. The molecule has 11 heteroatoms. The standard InChI is InChI=1S/C25H27ClFN5O4/c1-31-13-15(10-20(31)25(33)32-6-8-35-9-7-32)36-22-11-16-19(12-21(22)34-2)28-14-29-24(16)30-18-5-3-4-17(26)23(18)27/h3-5,11-12,14-15,20H,6-10,13H2,1-2H3,(H,28,29,30)/t15-,20+/m1/s1. The zero-order valence-electron chi connectivity index (χ0n) is 20.0. The third-order valence-corrected chi connectivity index (χ3v) is 6.83. The van der Waals surface area contributed by atoms with Crippen LogP contribution in [0.4, 0.5) is 15.9 Å². The Morgan fingerprint density at radius 3 is 2.81 bits per heavy atom. The highest BCUT2D eigenvalue weighted by Gasteiger charge is 2.38. The number of hydrogen-bond donors (Lipinski definition) is 1. The van der Waals surface area contributed by atoms with Crippen LogP contribution in [-0.2, 0) is 9.53 Å². The maximum absolute atomic E-state index is 14.5. The van der Waals surface area contributed by atoms with Gasteiger partial charge in [-0.3, -0.25) is 9.69 Å². The number of carbonyl (C=O) groups is 1. The first-order chi connectivity index (χ1) is 17.4. The number of aromatic nitrogens is 2. The fourth-order valence-corrected chi connectivity index (χ4v) is 4.82. The van der Waals surface area contributed by atoms with Crippen LogP contribution in [0.25, 0.3) is 10.9 Å². The molecule has 2 aliphatic heterocycles. The first-order valence-electron chi connectivity index (χ1n) is 11.7. The van der Waals surface area contributed by atoms with Gasteiger partial charge in [-0.25, -0.2) is 14.4 Å². The van der Waals surface area contributed by atoms with Crippen molar-refractivity contribution in [3.8, 4) is 11.5 Å². The summed E-state index contributed by atoms with van der Waals surface area (Å²) in [6, 6.07) is 7.98. The molecule has 36 heavy (non-hydrogen) atoms. The molecule has 1 N–H and O–H groups in total. The SMILES string of the molecule is COc1cc2ncnc(Nc3cccc(Cl)c3F)c2cc1O[C@@H]1C[C@@H](C(=O)N2CCOCC2)N(C)C1. The topological polar surface area (TPSA) is 89.0 Å². The fraction of sp³-hybridized carbons (Fsp3) is 0.400. The molecule has 2 fully saturated rings. The van der Waals surface area contributed by atoms with E-state index in [0.29, 0.717) is 67.5 Å². The second-order valence-electron chi connectivity index (χ2n) is 8.84.